The second-order valence-corrected chi connectivity index (χ2v) is 5.67. The highest BCUT2D eigenvalue weighted by molar-refractivity contribution is 9.10. The molecular weight excluding hydrogens is 361 g/mol. The quantitative estimate of drug-likeness (QED) is 0.865. The molecule has 1 aromatic carbocycles. The van der Waals surface area contributed by atoms with Gasteiger partial charge in [-0.25, -0.2) is 9.18 Å². The summed E-state index contributed by atoms with van der Waals surface area (Å²) >= 11 is 3.16. The predicted molar refractivity (Wildman–Crippen MR) is 78.1 cm³/mol. The topological polar surface area (TPSA) is 76.1 Å². The van der Waals surface area contributed by atoms with E-state index in [1.165, 1.54) is 23.1 Å². The van der Waals surface area contributed by atoms with E-state index in [1.54, 1.807) is 6.92 Å². The van der Waals surface area contributed by atoms with Gasteiger partial charge in [-0.3, -0.25) is 4.79 Å². The van der Waals surface area contributed by atoms with Crippen LogP contribution in [-0.2, 0) is 14.3 Å². The van der Waals surface area contributed by atoms with Crippen LogP contribution in [0.15, 0.2) is 22.7 Å². The Kier molecular flexibility index (Phi) is 5.36. The Morgan fingerprint density at radius 3 is 2.91 bits per heavy atom. The maximum Gasteiger partial charge on any atom is 0.334 e. The first-order chi connectivity index (χ1) is 10.4. The first-order valence-electron chi connectivity index (χ1n) is 6.63. The van der Waals surface area contributed by atoms with E-state index < -0.39 is 24.0 Å². The van der Waals surface area contributed by atoms with Gasteiger partial charge in [-0.15, -0.1) is 0 Å². The van der Waals surface area contributed by atoms with E-state index >= 15 is 0 Å². The number of amides is 1. The van der Waals surface area contributed by atoms with Crippen LogP contribution in [0.25, 0.3) is 0 Å². The summed E-state index contributed by atoms with van der Waals surface area (Å²) in [4.78, 5) is 24.6. The number of hydrogen-bond acceptors (Lipinski definition) is 4. The Bertz CT molecular complexity index is 582. The van der Waals surface area contributed by atoms with Crippen molar-refractivity contribution in [1.82, 2.24) is 4.90 Å². The number of morpholine rings is 1. The normalized spacial score (nSPS) is 19.6. The molecule has 1 heterocycles. The Hall–Kier alpha value is -1.67. The summed E-state index contributed by atoms with van der Waals surface area (Å²) in [6, 6.07) is 3.89. The zero-order chi connectivity index (χ0) is 16.3. The van der Waals surface area contributed by atoms with Crippen molar-refractivity contribution in [3.05, 3.63) is 28.5 Å². The molecule has 1 saturated heterocycles. The summed E-state index contributed by atoms with van der Waals surface area (Å²) in [7, 11) is 0. The Morgan fingerprint density at radius 1 is 1.55 bits per heavy atom. The van der Waals surface area contributed by atoms with Gasteiger partial charge in [-0.1, -0.05) is 0 Å². The smallest absolute Gasteiger partial charge is 0.334 e. The minimum Gasteiger partial charge on any atom is -0.480 e. The molecule has 8 heteroatoms. The molecule has 1 aliphatic heterocycles. The van der Waals surface area contributed by atoms with Gasteiger partial charge >= 0.3 is 5.97 Å². The van der Waals surface area contributed by atoms with Crippen molar-refractivity contribution in [2.45, 2.75) is 19.1 Å². The minimum absolute atomic E-state index is 0.0214. The number of carboxylic acids is 1. The highest BCUT2D eigenvalue weighted by Crippen LogP contribution is 2.26. The third-order valence-corrected chi connectivity index (χ3v) is 3.82. The first-order valence-corrected chi connectivity index (χ1v) is 7.42. The fourth-order valence-electron chi connectivity index (χ4n) is 2.07. The van der Waals surface area contributed by atoms with E-state index in [9.17, 15) is 14.0 Å². The summed E-state index contributed by atoms with van der Waals surface area (Å²) in [5, 5.41) is 8.94. The van der Waals surface area contributed by atoms with Crippen LogP contribution in [0.2, 0.25) is 0 Å². The van der Waals surface area contributed by atoms with Gasteiger partial charge in [0.05, 0.1) is 17.6 Å². The van der Waals surface area contributed by atoms with Gasteiger partial charge in [0.15, 0.2) is 12.2 Å². The second kappa shape index (κ2) is 7.06. The van der Waals surface area contributed by atoms with Gasteiger partial charge < -0.3 is 19.5 Å². The molecule has 1 N–H and O–H groups in total. The lowest BCUT2D eigenvalue weighted by Crippen LogP contribution is -2.51. The number of carbonyl (C=O) groups excluding carboxylic acids is 1. The van der Waals surface area contributed by atoms with E-state index in [-0.39, 0.29) is 19.1 Å². The van der Waals surface area contributed by atoms with Crippen LogP contribution in [-0.4, -0.2) is 53.8 Å². The van der Waals surface area contributed by atoms with Crippen LogP contribution in [0.5, 0.6) is 5.75 Å². The number of halogens is 2. The predicted octanol–water partition coefficient (Wildman–Crippen LogP) is 1.67. The molecule has 0 aromatic heterocycles. The minimum atomic E-state index is -1.10. The average Bonchev–Trinajstić information content (AvgIpc) is 2.49. The summed E-state index contributed by atoms with van der Waals surface area (Å²) in [5.74, 6) is -1.53. The largest absolute Gasteiger partial charge is 0.480 e. The molecule has 1 aromatic rings. The first kappa shape index (κ1) is 16.7. The van der Waals surface area contributed by atoms with Crippen molar-refractivity contribution in [2.75, 3.05) is 19.7 Å². The van der Waals surface area contributed by atoms with Crippen molar-refractivity contribution < 1.29 is 28.6 Å². The molecule has 0 radical (unpaired) electrons. The van der Waals surface area contributed by atoms with Gasteiger partial charge in [-0.2, -0.15) is 0 Å². The zero-order valence-electron chi connectivity index (χ0n) is 11.8. The lowest BCUT2D eigenvalue weighted by Gasteiger charge is -2.32. The molecule has 0 bridgehead atoms. The van der Waals surface area contributed by atoms with Crippen LogP contribution in [0.4, 0.5) is 4.39 Å². The third kappa shape index (κ3) is 3.95. The molecule has 0 spiro atoms. The number of carbonyl (C=O) groups is 2. The number of ether oxygens (including phenoxy) is 2. The molecule has 1 aliphatic rings. The van der Waals surface area contributed by atoms with E-state index in [2.05, 4.69) is 15.9 Å². The molecule has 1 amide bonds. The molecule has 0 saturated carbocycles. The van der Waals surface area contributed by atoms with E-state index in [4.69, 9.17) is 14.6 Å². The summed E-state index contributed by atoms with van der Waals surface area (Å²) in [6.07, 6.45) is -1.85. The lowest BCUT2D eigenvalue weighted by molar-refractivity contribution is -0.161. The Balaban J connectivity index is 2.01. The van der Waals surface area contributed by atoms with Crippen LogP contribution in [0.1, 0.15) is 6.92 Å². The van der Waals surface area contributed by atoms with Gasteiger partial charge in [-0.05, 0) is 41.1 Å². The second-order valence-electron chi connectivity index (χ2n) is 4.82. The fraction of sp³-hybridized carbons (Fsp3) is 0.429. The maximum absolute atomic E-state index is 13.0. The molecule has 2 atom stereocenters. The van der Waals surface area contributed by atoms with E-state index in [1.807, 2.05) is 0 Å². The highest BCUT2D eigenvalue weighted by atomic mass is 79.9. The van der Waals surface area contributed by atoms with E-state index in [0.717, 1.165) is 0 Å². The maximum atomic E-state index is 13.0. The molecule has 0 unspecified atom stereocenters. The SMILES string of the molecule is C[C@H](Oc1ccc(F)cc1Br)C(=O)N1CCO[C@@H](C(=O)O)C1. The van der Waals surface area contributed by atoms with Gasteiger partial charge in [0.25, 0.3) is 5.91 Å². The van der Waals surface area contributed by atoms with Crippen LogP contribution in [0.3, 0.4) is 0 Å². The highest BCUT2D eigenvalue weighted by Gasteiger charge is 2.31. The van der Waals surface area contributed by atoms with Crippen molar-refractivity contribution in [2.24, 2.45) is 0 Å². The van der Waals surface area contributed by atoms with Gasteiger partial charge in [0, 0.05) is 6.54 Å². The van der Waals surface area contributed by atoms with Gasteiger partial charge in [0.1, 0.15) is 11.6 Å². The van der Waals surface area contributed by atoms with Crippen molar-refractivity contribution >= 4 is 27.8 Å². The number of aliphatic carboxylic acids is 1. The summed E-state index contributed by atoms with van der Waals surface area (Å²) in [6.45, 7) is 2.01. The van der Waals surface area contributed by atoms with Crippen LogP contribution >= 0.6 is 15.9 Å². The zero-order valence-corrected chi connectivity index (χ0v) is 13.4. The Morgan fingerprint density at radius 2 is 2.27 bits per heavy atom. The monoisotopic (exact) mass is 375 g/mol. The van der Waals surface area contributed by atoms with Crippen molar-refractivity contribution in [3.8, 4) is 5.75 Å². The van der Waals surface area contributed by atoms with Crippen LogP contribution in [0, 0.1) is 5.82 Å². The van der Waals surface area contributed by atoms with Crippen LogP contribution < -0.4 is 4.74 Å². The van der Waals surface area contributed by atoms with Crippen molar-refractivity contribution in [3.63, 3.8) is 0 Å². The molecule has 120 valence electrons. The number of rotatable bonds is 4. The number of carboxylic acid groups (broad SMARTS) is 1. The summed E-state index contributed by atoms with van der Waals surface area (Å²) < 4.78 is 24.0. The average molecular weight is 376 g/mol. The molecular formula is C14H15BrFNO5. The lowest BCUT2D eigenvalue weighted by atomic mass is 10.2. The number of nitrogens with zero attached hydrogens (tertiary/aromatic N) is 1. The molecule has 22 heavy (non-hydrogen) atoms. The summed E-state index contributed by atoms with van der Waals surface area (Å²) in [5.41, 5.74) is 0. The molecule has 0 aliphatic carbocycles. The fourth-order valence-corrected chi connectivity index (χ4v) is 2.51. The number of hydrogen-bond donors (Lipinski definition) is 1. The van der Waals surface area contributed by atoms with Gasteiger partial charge in [0.2, 0.25) is 0 Å². The molecule has 6 nitrogen and oxygen atoms in total. The molecule has 1 fully saturated rings. The third-order valence-electron chi connectivity index (χ3n) is 3.20. The molecule has 2 rings (SSSR count). The van der Waals surface area contributed by atoms with Crippen molar-refractivity contribution in [1.29, 1.82) is 0 Å². The Labute approximate surface area is 134 Å². The van der Waals surface area contributed by atoms with E-state index in [0.29, 0.717) is 16.8 Å². The number of benzene rings is 1. The standard InChI is InChI=1S/C14H15BrFNO5/c1-8(22-11-3-2-9(16)6-10(11)15)13(18)17-4-5-21-12(7-17)14(19)20/h2-3,6,8,12H,4-5,7H2,1H3,(H,19,20)/t8-,12+/m0/s1.